The highest BCUT2D eigenvalue weighted by atomic mass is 32.1. The molecule has 3 heteroatoms. The van der Waals surface area contributed by atoms with Crippen molar-refractivity contribution in [2.75, 3.05) is 0 Å². The molecule has 11 rings (SSSR count). The fourth-order valence-electron chi connectivity index (χ4n) is 8.27. The highest BCUT2D eigenvalue weighted by molar-refractivity contribution is 7.26. The molecule has 0 saturated heterocycles. The standard InChI is InChI=1S/C48H30N2S/c1-3-13-31(14-4-1)33-17-11-19-35(29-33)49-42-23-9-7-21-37(42)39-27-28-44-45(46(39)49)41-26-25-40-38-22-8-10-24-43(38)50(47(40)48(41)51-44)36-20-12-18-34(30-36)32-15-5-2-6-16-32/h1-30H. The Hall–Kier alpha value is -6.42. The van der Waals surface area contributed by atoms with Crippen molar-refractivity contribution in [2.24, 2.45) is 0 Å². The smallest absolute Gasteiger partial charge is 0.0719 e. The van der Waals surface area contributed by atoms with E-state index in [1.54, 1.807) is 0 Å². The van der Waals surface area contributed by atoms with Crippen LogP contribution in [0.25, 0.3) is 97.4 Å². The second-order valence-corrected chi connectivity index (χ2v) is 14.4. The van der Waals surface area contributed by atoms with Gasteiger partial charge < -0.3 is 9.13 Å². The number of fused-ring (bicyclic) bond motifs is 11. The summed E-state index contributed by atoms with van der Waals surface area (Å²) < 4.78 is 7.59. The average Bonchev–Trinajstić information content (AvgIpc) is 3.86. The van der Waals surface area contributed by atoms with E-state index in [1.807, 2.05) is 11.3 Å². The number of thiophene rings is 1. The van der Waals surface area contributed by atoms with E-state index in [1.165, 1.54) is 97.4 Å². The van der Waals surface area contributed by atoms with E-state index < -0.39 is 0 Å². The molecule has 3 aromatic heterocycles. The van der Waals surface area contributed by atoms with Gasteiger partial charge in [-0.25, -0.2) is 0 Å². The van der Waals surface area contributed by atoms with Crippen LogP contribution in [0.3, 0.4) is 0 Å². The molecule has 0 unspecified atom stereocenters. The monoisotopic (exact) mass is 666 g/mol. The topological polar surface area (TPSA) is 9.86 Å². The third kappa shape index (κ3) is 4.22. The van der Waals surface area contributed by atoms with Crippen LogP contribution in [0, 0.1) is 0 Å². The highest BCUT2D eigenvalue weighted by Crippen LogP contribution is 2.47. The number of rotatable bonds is 4. The van der Waals surface area contributed by atoms with Crippen molar-refractivity contribution in [3.05, 3.63) is 182 Å². The SMILES string of the molecule is c1ccc(-c2cccc(-n3c4ccccc4c4ccc5c(sc6ccc7c8ccccc8n(-c8cccc(-c9ccccc9)c8)c7c65)c43)c2)cc1. The van der Waals surface area contributed by atoms with Crippen LogP contribution in [-0.4, -0.2) is 9.13 Å². The van der Waals surface area contributed by atoms with Gasteiger partial charge in [0.15, 0.2) is 0 Å². The third-order valence-corrected chi connectivity index (χ3v) is 11.7. The molecule has 51 heavy (non-hydrogen) atoms. The second-order valence-electron chi connectivity index (χ2n) is 13.3. The number of benzene rings is 8. The number of aromatic nitrogens is 2. The first kappa shape index (κ1) is 28.4. The van der Waals surface area contributed by atoms with Gasteiger partial charge in [0.05, 0.1) is 26.8 Å². The van der Waals surface area contributed by atoms with Crippen molar-refractivity contribution in [2.45, 2.75) is 0 Å². The minimum atomic E-state index is 1.17. The Kier molecular flexibility index (Phi) is 6.16. The average molecular weight is 667 g/mol. The minimum absolute atomic E-state index is 1.17. The molecule has 8 aromatic carbocycles. The van der Waals surface area contributed by atoms with Crippen LogP contribution in [-0.2, 0) is 0 Å². The molecule has 2 nitrogen and oxygen atoms in total. The molecule has 0 aliphatic heterocycles. The van der Waals surface area contributed by atoms with E-state index in [0.717, 1.165) is 0 Å². The van der Waals surface area contributed by atoms with E-state index in [-0.39, 0.29) is 0 Å². The first-order valence-corrected chi connectivity index (χ1v) is 18.3. The van der Waals surface area contributed by atoms with Gasteiger partial charge in [-0.05, 0) is 64.7 Å². The van der Waals surface area contributed by atoms with E-state index in [0.29, 0.717) is 0 Å². The molecule has 0 atom stereocenters. The van der Waals surface area contributed by atoms with Gasteiger partial charge in [-0.3, -0.25) is 0 Å². The number of hydrogen-bond donors (Lipinski definition) is 0. The lowest BCUT2D eigenvalue weighted by Crippen LogP contribution is -1.95. The normalized spacial score (nSPS) is 11.9. The maximum absolute atomic E-state index is 2.49. The summed E-state index contributed by atoms with van der Waals surface area (Å²) in [5.74, 6) is 0. The van der Waals surface area contributed by atoms with Gasteiger partial charge in [-0.1, -0.05) is 140 Å². The van der Waals surface area contributed by atoms with E-state index in [2.05, 4.69) is 191 Å². The molecule has 0 spiro atoms. The molecule has 0 amide bonds. The van der Waals surface area contributed by atoms with E-state index >= 15 is 0 Å². The number of nitrogens with zero attached hydrogens (tertiary/aromatic N) is 2. The van der Waals surface area contributed by atoms with Gasteiger partial charge in [-0.15, -0.1) is 11.3 Å². The summed E-state index contributed by atoms with van der Waals surface area (Å²) >= 11 is 1.91. The van der Waals surface area contributed by atoms with Crippen molar-refractivity contribution in [3.8, 4) is 33.6 Å². The first-order valence-electron chi connectivity index (χ1n) is 17.4. The van der Waals surface area contributed by atoms with Gasteiger partial charge in [0.2, 0.25) is 0 Å². The van der Waals surface area contributed by atoms with Crippen molar-refractivity contribution in [1.82, 2.24) is 9.13 Å². The van der Waals surface area contributed by atoms with Crippen LogP contribution in [0.1, 0.15) is 0 Å². The Bertz CT molecular complexity index is 3130. The molecule has 0 N–H and O–H groups in total. The number of hydrogen-bond acceptors (Lipinski definition) is 1. The summed E-state index contributed by atoms with van der Waals surface area (Å²) in [6.45, 7) is 0. The van der Waals surface area contributed by atoms with Crippen molar-refractivity contribution >= 4 is 75.1 Å². The largest absolute Gasteiger partial charge is 0.309 e. The van der Waals surface area contributed by atoms with Gasteiger partial charge >= 0.3 is 0 Å². The summed E-state index contributed by atoms with van der Waals surface area (Å²) in [7, 11) is 0. The molecule has 0 fully saturated rings. The molecule has 0 aliphatic carbocycles. The summed E-state index contributed by atoms with van der Waals surface area (Å²) in [5.41, 5.74) is 12.2. The molecule has 0 aliphatic rings. The summed E-state index contributed by atoms with van der Waals surface area (Å²) in [5, 5.41) is 7.70. The zero-order valence-electron chi connectivity index (χ0n) is 27.6. The van der Waals surface area contributed by atoms with Crippen LogP contribution in [0.4, 0.5) is 0 Å². The van der Waals surface area contributed by atoms with Crippen molar-refractivity contribution in [3.63, 3.8) is 0 Å². The van der Waals surface area contributed by atoms with Crippen LogP contribution in [0.2, 0.25) is 0 Å². The molecule has 0 bridgehead atoms. The second kappa shape index (κ2) is 11.0. The van der Waals surface area contributed by atoms with Gasteiger partial charge in [0.25, 0.3) is 0 Å². The maximum atomic E-state index is 2.49. The van der Waals surface area contributed by atoms with Gasteiger partial charge in [-0.2, -0.15) is 0 Å². The number of para-hydroxylation sites is 2. The van der Waals surface area contributed by atoms with Crippen LogP contribution in [0.5, 0.6) is 0 Å². The molecule has 238 valence electrons. The lowest BCUT2D eigenvalue weighted by atomic mass is 10.0. The Labute approximate surface area is 298 Å². The highest BCUT2D eigenvalue weighted by Gasteiger charge is 2.22. The predicted octanol–water partition coefficient (Wildman–Crippen LogP) is 13.6. The van der Waals surface area contributed by atoms with Crippen LogP contribution in [0.15, 0.2) is 182 Å². The Morgan fingerprint density at radius 3 is 1.41 bits per heavy atom. The maximum Gasteiger partial charge on any atom is 0.0719 e. The quantitative estimate of drug-likeness (QED) is 0.177. The zero-order valence-corrected chi connectivity index (χ0v) is 28.4. The fraction of sp³-hybridized carbons (Fsp3) is 0. The molecule has 3 heterocycles. The van der Waals surface area contributed by atoms with Crippen molar-refractivity contribution in [1.29, 1.82) is 0 Å². The Morgan fingerprint density at radius 1 is 0.333 bits per heavy atom. The Morgan fingerprint density at radius 2 is 0.804 bits per heavy atom. The van der Waals surface area contributed by atoms with Crippen LogP contribution < -0.4 is 0 Å². The van der Waals surface area contributed by atoms with E-state index in [9.17, 15) is 0 Å². The Balaban J connectivity index is 1.25. The molecule has 11 aromatic rings. The summed E-state index contributed by atoms with van der Waals surface area (Å²) in [4.78, 5) is 0. The third-order valence-electron chi connectivity index (χ3n) is 10.5. The molecule has 0 radical (unpaired) electrons. The molecular weight excluding hydrogens is 637 g/mol. The molecule has 0 saturated carbocycles. The predicted molar refractivity (Wildman–Crippen MR) is 219 cm³/mol. The minimum Gasteiger partial charge on any atom is -0.309 e. The zero-order chi connectivity index (χ0) is 33.5. The van der Waals surface area contributed by atoms with Gasteiger partial charge in [0, 0.05) is 48.4 Å². The van der Waals surface area contributed by atoms with Crippen LogP contribution >= 0.6 is 11.3 Å². The van der Waals surface area contributed by atoms with Gasteiger partial charge in [0.1, 0.15) is 0 Å². The fourth-order valence-corrected chi connectivity index (χ4v) is 9.51. The lowest BCUT2D eigenvalue weighted by Gasteiger charge is -2.12. The van der Waals surface area contributed by atoms with Crippen molar-refractivity contribution < 1.29 is 0 Å². The van der Waals surface area contributed by atoms with E-state index in [4.69, 9.17) is 0 Å². The first-order chi connectivity index (χ1) is 25.3. The lowest BCUT2D eigenvalue weighted by molar-refractivity contribution is 1.19. The molecular formula is C48H30N2S. The summed E-state index contributed by atoms with van der Waals surface area (Å²) in [6.07, 6.45) is 0. The summed E-state index contributed by atoms with van der Waals surface area (Å²) in [6, 6.07) is 66.5.